The van der Waals surface area contributed by atoms with E-state index in [0.717, 1.165) is 31.4 Å². The zero-order chi connectivity index (χ0) is 19.0. The third kappa shape index (κ3) is 6.01. The fraction of sp³-hybridized carbons (Fsp3) is 0.722. The number of nitrogens with zero attached hydrogens (tertiary/aromatic N) is 3. The Bertz CT molecular complexity index is 607. The van der Waals surface area contributed by atoms with E-state index >= 15 is 0 Å². The minimum atomic E-state index is -1.08. The van der Waals surface area contributed by atoms with Crippen molar-refractivity contribution in [3.63, 3.8) is 0 Å². The van der Waals surface area contributed by atoms with E-state index in [0.29, 0.717) is 19.0 Å². The molecule has 0 saturated heterocycles. The van der Waals surface area contributed by atoms with Gasteiger partial charge in [-0.2, -0.15) is 5.10 Å². The summed E-state index contributed by atoms with van der Waals surface area (Å²) in [5.41, 5.74) is -0.341. The van der Waals surface area contributed by atoms with Crippen molar-refractivity contribution in [2.45, 2.75) is 45.1 Å². The van der Waals surface area contributed by atoms with Crippen LogP contribution in [0.1, 0.15) is 45.1 Å². The highest BCUT2D eigenvalue weighted by atomic mass is 16.3. The molecule has 1 aromatic rings. The molecule has 2 rings (SSSR count). The maximum atomic E-state index is 11.8. The monoisotopic (exact) mass is 364 g/mol. The molecule has 1 aliphatic rings. The molecule has 1 heterocycles. The highest BCUT2D eigenvalue weighted by Crippen LogP contribution is 2.26. The quantitative estimate of drug-likeness (QED) is 0.290. The number of amides is 1. The highest BCUT2D eigenvalue weighted by molar-refractivity contribution is 5.80. The van der Waals surface area contributed by atoms with Gasteiger partial charge in [0.1, 0.15) is 5.60 Å². The van der Waals surface area contributed by atoms with Gasteiger partial charge >= 0.3 is 0 Å². The average Bonchev–Trinajstić information content (AvgIpc) is 2.98. The number of aryl methyl sites for hydroxylation is 1. The molecule has 26 heavy (non-hydrogen) atoms. The van der Waals surface area contributed by atoms with Gasteiger partial charge in [0.15, 0.2) is 5.96 Å². The smallest absolute Gasteiger partial charge is 0.223 e. The number of hydrogen-bond acceptors (Lipinski definition) is 4. The van der Waals surface area contributed by atoms with Gasteiger partial charge in [-0.05, 0) is 33.1 Å². The lowest BCUT2D eigenvalue weighted by Crippen LogP contribution is -2.40. The Morgan fingerprint density at radius 1 is 1.38 bits per heavy atom. The Morgan fingerprint density at radius 3 is 2.69 bits per heavy atom. The van der Waals surface area contributed by atoms with Crippen LogP contribution >= 0.6 is 0 Å². The van der Waals surface area contributed by atoms with E-state index in [1.807, 2.05) is 14.0 Å². The van der Waals surface area contributed by atoms with Crippen molar-refractivity contribution in [3.05, 3.63) is 18.0 Å². The Labute approximate surface area is 155 Å². The van der Waals surface area contributed by atoms with Gasteiger partial charge < -0.3 is 21.1 Å². The van der Waals surface area contributed by atoms with Crippen molar-refractivity contribution >= 4 is 11.9 Å². The lowest BCUT2D eigenvalue weighted by atomic mass is 9.85. The molecule has 8 heteroatoms. The maximum absolute atomic E-state index is 11.8. The molecular weight excluding hydrogens is 332 g/mol. The van der Waals surface area contributed by atoms with Crippen LogP contribution in [0.15, 0.2) is 17.4 Å². The standard InChI is InChI=1S/C18H32N6O2/c1-4-19-17(21-10-6-9-20-16(25)14-7-5-8-14)22-13-18(2,26)15-11-23-24(3)12-15/h11-12,14,26H,4-10,13H2,1-3H3,(H,20,25)(H2,19,21,22). The van der Waals surface area contributed by atoms with Gasteiger partial charge in [0.05, 0.1) is 12.7 Å². The fourth-order valence-electron chi connectivity index (χ4n) is 2.69. The average molecular weight is 364 g/mol. The van der Waals surface area contributed by atoms with E-state index in [-0.39, 0.29) is 18.4 Å². The van der Waals surface area contributed by atoms with Crippen LogP contribution in [0, 0.1) is 5.92 Å². The zero-order valence-electron chi connectivity index (χ0n) is 16.1. The molecule has 0 bridgehead atoms. The molecule has 1 atom stereocenters. The predicted molar refractivity (Wildman–Crippen MR) is 102 cm³/mol. The summed E-state index contributed by atoms with van der Waals surface area (Å²) in [4.78, 5) is 16.2. The summed E-state index contributed by atoms with van der Waals surface area (Å²) >= 11 is 0. The van der Waals surface area contributed by atoms with Crippen LogP contribution < -0.4 is 16.0 Å². The van der Waals surface area contributed by atoms with Crippen molar-refractivity contribution in [1.82, 2.24) is 25.7 Å². The first kappa shape index (κ1) is 20.2. The van der Waals surface area contributed by atoms with E-state index in [1.165, 1.54) is 6.42 Å². The Kier molecular flexibility index (Phi) is 7.44. The topological polar surface area (TPSA) is 104 Å². The first-order chi connectivity index (χ1) is 12.4. The number of rotatable bonds is 9. The van der Waals surface area contributed by atoms with E-state index in [4.69, 9.17) is 0 Å². The maximum Gasteiger partial charge on any atom is 0.223 e. The number of guanidine groups is 1. The number of aromatic nitrogens is 2. The van der Waals surface area contributed by atoms with E-state index in [1.54, 1.807) is 24.0 Å². The van der Waals surface area contributed by atoms with Crippen molar-refractivity contribution in [2.24, 2.45) is 18.0 Å². The third-order valence-electron chi connectivity index (χ3n) is 4.64. The Hall–Kier alpha value is -2.09. The molecule has 146 valence electrons. The summed E-state index contributed by atoms with van der Waals surface area (Å²) < 4.78 is 1.66. The second kappa shape index (κ2) is 9.56. The molecule has 1 fully saturated rings. The van der Waals surface area contributed by atoms with Crippen molar-refractivity contribution in [1.29, 1.82) is 0 Å². The zero-order valence-corrected chi connectivity index (χ0v) is 16.1. The van der Waals surface area contributed by atoms with E-state index < -0.39 is 5.60 Å². The molecule has 1 aromatic heterocycles. The Morgan fingerprint density at radius 2 is 2.12 bits per heavy atom. The molecule has 1 unspecified atom stereocenters. The SMILES string of the molecule is CCNC(=NCC(C)(O)c1cnn(C)c1)NCCCNC(=O)C1CCC1. The molecule has 8 nitrogen and oxygen atoms in total. The minimum Gasteiger partial charge on any atom is -0.383 e. The largest absolute Gasteiger partial charge is 0.383 e. The first-order valence-corrected chi connectivity index (χ1v) is 9.44. The molecule has 1 amide bonds. The van der Waals surface area contributed by atoms with E-state index in [2.05, 4.69) is 26.0 Å². The molecule has 1 saturated carbocycles. The van der Waals surface area contributed by atoms with Gasteiger partial charge in [-0.15, -0.1) is 0 Å². The molecule has 1 aliphatic carbocycles. The van der Waals surface area contributed by atoms with Crippen LogP contribution in [0.3, 0.4) is 0 Å². The summed E-state index contributed by atoms with van der Waals surface area (Å²) in [7, 11) is 1.82. The second-order valence-electron chi connectivity index (χ2n) is 7.07. The molecule has 0 aliphatic heterocycles. The van der Waals surface area contributed by atoms with Crippen molar-refractivity contribution in [3.8, 4) is 0 Å². The molecule has 4 N–H and O–H groups in total. The van der Waals surface area contributed by atoms with Gasteiger partial charge in [0.25, 0.3) is 0 Å². The summed E-state index contributed by atoms with van der Waals surface area (Å²) in [6.45, 7) is 6.05. The van der Waals surface area contributed by atoms with Crippen LogP contribution in [0.2, 0.25) is 0 Å². The van der Waals surface area contributed by atoms with Gasteiger partial charge in [0, 0.05) is 44.4 Å². The molecular formula is C18H32N6O2. The molecule has 0 spiro atoms. The molecule has 0 aromatic carbocycles. The van der Waals surface area contributed by atoms with Crippen molar-refractivity contribution < 1.29 is 9.90 Å². The normalized spacial score (nSPS) is 17.3. The number of aliphatic imine (C=N–C) groups is 1. The lowest BCUT2D eigenvalue weighted by molar-refractivity contribution is -0.127. The number of hydrogen-bond donors (Lipinski definition) is 4. The summed E-state index contributed by atoms with van der Waals surface area (Å²) in [6, 6.07) is 0. The summed E-state index contributed by atoms with van der Waals surface area (Å²) in [6.07, 6.45) is 7.49. The van der Waals surface area contributed by atoms with Crippen LogP contribution in [0.25, 0.3) is 0 Å². The number of aliphatic hydroxyl groups is 1. The van der Waals surface area contributed by atoms with E-state index in [9.17, 15) is 9.90 Å². The Balaban J connectivity index is 1.74. The minimum absolute atomic E-state index is 0.185. The van der Waals surface area contributed by atoms with Crippen LogP contribution in [0.4, 0.5) is 0 Å². The molecule has 0 radical (unpaired) electrons. The summed E-state index contributed by atoms with van der Waals surface area (Å²) in [5, 5.41) is 24.1. The van der Waals surface area contributed by atoms with Crippen LogP contribution in [-0.4, -0.2) is 52.9 Å². The van der Waals surface area contributed by atoms with Crippen LogP contribution in [-0.2, 0) is 17.4 Å². The van der Waals surface area contributed by atoms with Gasteiger partial charge in [-0.1, -0.05) is 6.42 Å². The second-order valence-corrected chi connectivity index (χ2v) is 7.07. The lowest BCUT2D eigenvalue weighted by Gasteiger charge is -2.24. The number of carbonyl (C=O) groups excluding carboxylic acids is 1. The highest BCUT2D eigenvalue weighted by Gasteiger charge is 2.25. The predicted octanol–water partition coefficient (Wildman–Crippen LogP) is 0.489. The number of nitrogens with one attached hydrogen (secondary N) is 3. The van der Waals surface area contributed by atoms with Gasteiger partial charge in [0.2, 0.25) is 5.91 Å². The number of carbonyl (C=O) groups is 1. The first-order valence-electron chi connectivity index (χ1n) is 9.44. The third-order valence-corrected chi connectivity index (χ3v) is 4.64. The fourth-order valence-corrected chi connectivity index (χ4v) is 2.69. The van der Waals surface area contributed by atoms with Crippen molar-refractivity contribution in [2.75, 3.05) is 26.2 Å². The van der Waals surface area contributed by atoms with Gasteiger partial charge in [-0.25, -0.2) is 4.99 Å². The van der Waals surface area contributed by atoms with Crippen LogP contribution in [0.5, 0.6) is 0 Å². The summed E-state index contributed by atoms with van der Waals surface area (Å²) in [5.74, 6) is 1.07. The van der Waals surface area contributed by atoms with Gasteiger partial charge in [-0.3, -0.25) is 9.48 Å².